The first-order valence-corrected chi connectivity index (χ1v) is 15.9. The standard InChI is InChI=1S/C18H13N.C12H8O.C12H8S/c1-2-8-14(9-3-1)19-17-12-6-4-10-15(17)16-11-5-7-13-18(16)19;2*1-3-7-11-9(5-1)10-6-2-4-8-12(10)13-11/h1-13H;2*1-8H. The van der Waals surface area contributed by atoms with Crippen LogP contribution in [0.2, 0.25) is 0 Å². The van der Waals surface area contributed by atoms with E-state index in [-0.39, 0.29) is 0 Å². The van der Waals surface area contributed by atoms with Gasteiger partial charge in [-0.3, -0.25) is 0 Å². The van der Waals surface area contributed by atoms with Crippen molar-refractivity contribution in [2.24, 2.45) is 0 Å². The van der Waals surface area contributed by atoms with Crippen LogP contribution in [0.5, 0.6) is 0 Å². The largest absolute Gasteiger partial charge is 0.456 e. The summed E-state index contributed by atoms with van der Waals surface area (Å²) in [6.45, 7) is 0. The van der Waals surface area contributed by atoms with Gasteiger partial charge in [-0.2, -0.15) is 0 Å². The van der Waals surface area contributed by atoms with Crippen molar-refractivity contribution in [3.05, 3.63) is 176 Å². The number of aromatic nitrogens is 1. The topological polar surface area (TPSA) is 18.1 Å². The first kappa shape index (κ1) is 26.9. The lowest BCUT2D eigenvalue weighted by Gasteiger charge is -2.06. The third-order valence-electron chi connectivity index (χ3n) is 8.16. The molecule has 0 fully saturated rings. The molecule has 0 bridgehead atoms. The van der Waals surface area contributed by atoms with E-state index in [1.165, 1.54) is 58.4 Å². The molecule has 0 saturated heterocycles. The van der Waals surface area contributed by atoms with Crippen LogP contribution >= 0.6 is 11.3 Å². The van der Waals surface area contributed by atoms with Crippen LogP contribution in [0.25, 0.3) is 69.6 Å². The molecule has 0 unspecified atom stereocenters. The zero-order chi connectivity index (χ0) is 30.0. The maximum Gasteiger partial charge on any atom is 0.135 e. The molecular weight excluding hydrogens is 567 g/mol. The molecule has 0 aliphatic carbocycles. The lowest BCUT2D eigenvalue weighted by atomic mass is 10.2. The van der Waals surface area contributed by atoms with Gasteiger partial charge in [0.2, 0.25) is 0 Å². The third-order valence-corrected chi connectivity index (χ3v) is 9.31. The fraction of sp³-hybridized carbons (Fsp3) is 0. The molecule has 0 saturated carbocycles. The minimum Gasteiger partial charge on any atom is -0.456 e. The predicted molar refractivity (Wildman–Crippen MR) is 194 cm³/mol. The second kappa shape index (κ2) is 11.8. The summed E-state index contributed by atoms with van der Waals surface area (Å²) in [4.78, 5) is 0. The molecule has 10 aromatic rings. The second-order valence-electron chi connectivity index (χ2n) is 10.9. The lowest BCUT2D eigenvalue weighted by molar-refractivity contribution is 0.669. The van der Waals surface area contributed by atoms with E-state index < -0.39 is 0 Å². The van der Waals surface area contributed by atoms with E-state index in [0.717, 1.165) is 11.2 Å². The molecule has 0 N–H and O–H groups in total. The third kappa shape index (κ3) is 5.04. The molecule has 0 atom stereocenters. The van der Waals surface area contributed by atoms with Crippen molar-refractivity contribution in [3.8, 4) is 5.69 Å². The number of thiophene rings is 1. The summed E-state index contributed by atoms with van der Waals surface area (Å²) in [5.41, 5.74) is 5.65. The molecule has 3 aromatic heterocycles. The van der Waals surface area contributed by atoms with Gasteiger partial charge in [0.15, 0.2) is 0 Å². The summed E-state index contributed by atoms with van der Waals surface area (Å²) >= 11 is 1.86. The Kier molecular flexibility index (Phi) is 7.07. The van der Waals surface area contributed by atoms with Gasteiger partial charge < -0.3 is 8.98 Å². The van der Waals surface area contributed by atoms with Crippen LogP contribution in [0.3, 0.4) is 0 Å². The highest BCUT2D eigenvalue weighted by molar-refractivity contribution is 7.25. The highest BCUT2D eigenvalue weighted by atomic mass is 32.1. The van der Waals surface area contributed by atoms with E-state index in [4.69, 9.17) is 4.42 Å². The van der Waals surface area contributed by atoms with Crippen LogP contribution in [-0.4, -0.2) is 4.57 Å². The second-order valence-corrected chi connectivity index (χ2v) is 12.0. The molecule has 0 radical (unpaired) electrons. The fourth-order valence-corrected chi connectivity index (χ4v) is 7.23. The van der Waals surface area contributed by atoms with Crippen LogP contribution in [0, 0.1) is 0 Å². The van der Waals surface area contributed by atoms with E-state index in [0.29, 0.717) is 0 Å². The Balaban J connectivity index is 0.000000103. The van der Waals surface area contributed by atoms with Crippen LogP contribution in [0.1, 0.15) is 0 Å². The number of fused-ring (bicyclic) bond motifs is 9. The van der Waals surface area contributed by atoms with Gasteiger partial charge in [0.1, 0.15) is 11.2 Å². The molecule has 45 heavy (non-hydrogen) atoms. The van der Waals surface area contributed by atoms with Crippen LogP contribution < -0.4 is 0 Å². The summed E-state index contributed by atoms with van der Waals surface area (Å²) < 4.78 is 10.7. The number of furan rings is 1. The summed E-state index contributed by atoms with van der Waals surface area (Å²) in [7, 11) is 0. The van der Waals surface area contributed by atoms with Crippen LogP contribution in [-0.2, 0) is 0 Å². The van der Waals surface area contributed by atoms with Crippen molar-refractivity contribution in [1.29, 1.82) is 0 Å². The minimum absolute atomic E-state index is 0.962. The highest BCUT2D eigenvalue weighted by Crippen LogP contribution is 2.33. The molecule has 10 rings (SSSR count). The Morgan fingerprint density at radius 2 is 0.711 bits per heavy atom. The molecule has 2 nitrogen and oxygen atoms in total. The molecule has 3 heteroatoms. The molecular formula is C42H29NOS. The van der Waals surface area contributed by atoms with Gasteiger partial charge in [0.05, 0.1) is 11.0 Å². The molecule has 0 spiro atoms. The Morgan fingerprint density at radius 1 is 0.333 bits per heavy atom. The Hall–Kier alpha value is -5.64. The summed E-state index contributed by atoms with van der Waals surface area (Å²) in [5, 5.41) is 7.76. The zero-order valence-electron chi connectivity index (χ0n) is 24.5. The van der Waals surface area contributed by atoms with E-state index in [1.807, 2.05) is 47.7 Å². The van der Waals surface area contributed by atoms with E-state index in [1.54, 1.807) is 0 Å². The number of hydrogen-bond donors (Lipinski definition) is 0. The zero-order valence-corrected chi connectivity index (χ0v) is 25.3. The van der Waals surface area contributed by atoms with Crippen LogP contribution in [0.15, 0.2) is 180 Å². The van der Waals surface area contributed by atoms with Crippen LogP contribution in [0.4, 0.5) is 0 Å². The van der Waals surface area contributed by atoms with Gasteiger partial charge >= 0.3 is 0 Å². The van der Waals surface area contributed by atoms with Crippen molar-refractivity contribution in [2.45, 2.75) is 0 Å². The summed E-state index contributed by atoms with van der Waals surface area (Å²) in [6, 6.07) is 61.0. The average molecular weight is 596 g/mol. The average Bonchev–Trinajstić information content (AvgIpc) is 3.79. The minimum atomic E-state index is 0.962. The maximum absolute atomic E-state index is 5.65. The first-order chi connectivity index (χ1) is 22.3. The Bertz CT molecular complexity index is 2290. The van der Waals surface area contributed by atoms with Crippen molar-refractivity contribution in [3.63, 3.8) is 0 Å². The van der Waals surface area contributed by atoms with Gasteiger partial charge in [-0.1, -0.05) is 127 Å². The van der Waals surface area contributed by atoms with Gasteiger partial charge in [-0.15, -0.1) is 11.3 Å². The van der Waals surface area contributed by atoms with Crippen molar-refractivity contribution >= 4 is 75.3 Å². The molecule has 3 heterocycles. The van der Waals surface area contributed by atoms with Crippen molar-refractivity contribution < 1.29 is 4.42 Å². The number of hydrogen-bond acceptors (Lipinski definition) is 2. The van der Waals surface area contributed by atoms with Gasteiger partial charge in [0, 0.05) is 47.4 Å². The van der Waals surface area contributed by atoms with Gasteiger partial charge in [0.25, 0.3) is 0 Å². The number of nitrogens with zero attached hydrogens (tertiary/aromatic N) is 1. The lowest BCUT2D eigenvalue weighted by Crippen LogP contribution is -1.92. The first-order valence-electron chi connectivity index (χ1n) is 15.1. The van der Waals surface area contributed by atoms with Crippen molar-refractivity contribution in [2.75, 3.05) is 0 Å². The van der Waals surface area contributed by atoms with Gasteiger partial charge in [-0.25, -0.2) is 0 Å². The SMILES string of the molecule is c1ccc(-n2c3ccccc3c3ccccc32)cc1.c1ccc2c(c1)oc1ccccc12.c1ccc2c(c1)sc1ccccc12. The van der Waals surface area contributed by atoms with Gasteiger partial charge in [-0.05, 0) is 48.5 Å². The van der Waals surface area contributed by atoms with E-state index >= 15 is 0 Å². The molecule has 0 amide bonds. The summed E-state index contributed by atoms with van der Waals surface area (Å²) in [6.07, 6.45) is 0. The Morgan fingerprint density at radius 3 is 1.22 bits per heavy atom. The predicted octanol–water partition coefficient (Wildman–Crippen LogP) is 12.4. The monoisotopic (exact) mass is 595 g/mol. The fourth-order valence-electron chi connectivity index (χ4n) is 6.13. The number of para-hydroxylation sites is 5. The smallest absolute Gasteiger partial charge is 0.135 e. The molecule has 214 valence electrons. The van der Waals surface area contributed by atoms with E-state index in [2.05, 4.69) is 144 Å². The van der Waals surface area contributed by atoms with E-state index in [9.17, 15) is 0 Å². The Labute approximate surface area is 265 Å². The molecule has 0 aliphatic heterocycles. The maximum atomic E-state index is 5.65. The normalized spacial score (nSPS) is 11.1. The summed E-state index contributed by atoms with van der Waals surface area (Å²) in [5.74, 6) is 0. The quantitative estimate of drug-likeness (QED) is 0.185. The molecule has 0 aliphatic rings. The van der Waals surface area contributed by atoms with Crippen molar-refractivity contribution in [1.82, 2.24) is 4.57 Å². The number of rotatable bonds is 1. The highest BCUT2D eigenvalue weighted by Gasteiger charge is 2.10. The molecule has 7 aromatic carbocycles. The number of benzene rings is 7.